The maximum Gasteiger partial charge on any atom is 0.410 e. The van der Waals surface area contributed by atoms with E-state index in [1.807, 2.05) is 57.2 Å². The Bertz CT molecular complexity index is 1810. The van der Waals surface area contributed by atoms with Crippen LogP contribution < -0.4 is 5.73 Å². The van der Waals surface area contributed by atoms with E-state index >= 15 is 0 Å². The molecule has 3 fully saturated rings. The van der Waals surface area contributed by atoms with Crippen molar-refractivity contribution in [2.75, 3.05) is 33.5 Å². The monoisotopic (exact) mass is 826 g/mol. The van der Waals surface area contributed by atoms with Gasteiger partial charge in [0.2, 0.25) is 0 Å². The topological polar surface area (TPSA) is 198 Å². The SMILES string of the molecule is CC[C@H]1OC(=O)[C@H](C)C(=O)[C@H](C)[C@@H](O[C@@H]2O[C@H](C)CC(N(C)C)C2O)[C@](C)(OC)C[C@@H](C)C(=O)[C@H](C)[C@H]2N(CCCCn3cc(-c4cccc(N)c4)nn3)C(=O)O[C@]12C. The van der Waals surface area contributed by atoms with Gasteiger partial charge >= 0.3 is 12.1 Å². The van der Waals surface area contributed by atoms with Gasteiger partial charge in [0.25, 0.3) is 0 Å². The van der Waals surface area contributed by atoms with Gasteiger partial charge in [0.1, 0.15) is 29.6 Å². The number of aryl methyl sites for hydroxylation is 1. The van der Waals surface area contributed by atoms with E-state index in [9.17, 15) is 24.3 Å². The third-order valence-corrected chi connectivity index (χ3v) is 12.9. The number of benzene rings is 1. The van der Waals surface area contributed by atoms with Crippen molar-refractivity contribution in [3.8, 4) is 11.3 Å². The van der Waals surface area contributed by atoms with E-state index in [-0.39, 0.29) is 37.3 Å². The number of aliphatic hydroxyl groups is 1. The largest absolute Gasteiger partial charge is 0.458 e. The Morgan fingerprint density at radius 2 is 1.71 bits per heavy atom. The second-order valence-electron chi connectivity index (χ2n) is 17.6. The zero-order valence-electron chi connectivity index (χ0n) is 36.6. The number of methoxy groups -OCH3 is 1. The molecule has 328 valence electrons. The van der Waals surface area contributed by atoms with Gasteiger partial charge in [-0.25, -0.2) is 4.79 Å². The molecule has 3 aliphatic rings. The molecule has 13 atom stereocenters. The van der Waals surface area contributed by atoms with Gasteiger partial charge in [0.15, 0.2) is 17.7 Å². The minimum atomic E-state index is -1.42. The minimum absolute atomic E-state index is 0.119. The number of unbranched alkanes of at least 4 members (excludes halogenated alkanes) is 1. The van der Waals surface area contributed by atoms with Crippen molar-refractivity contribution in [3.63, 3.8) is 0 Å². The number of Topliss-reactive ketones (excluding diaryl/α,β-unsaturated/α-hetero) is 2. The standard InChI is InChI=1S/C43H66N6O10/c1-12-33-43(8)37(49(41(54)59-43)19-14-13-18-48-23-31(45-46-48)29-16-15-17-30(44)21-29)26(4)34(50)24(2)22-42(7,55-11)38(27(5)35(51)28(6)39(53)57-33)58-40-36(52)32(47(9)10)20-25(3)56-40/h15-17,21,23-28,32-33,36-38,40,52H,12-14,18-20,22,44H2,1-11H3/t24-,25-,26+,27+,28-,32?,33-,36?,37-,38-,40+,42-,43-/m1/s1. The van der Waals surface area contributed by atoms with E-state index in [4.69, 9.17) is 29.4 Å². The second kappa shape index (κ2) is 18.8. The van der Waals surface area contributed by atoms with Crippen LogP contribution in [0.1, 0.15) is 87.5 Å². The van der Waals surface area contributed by atoms with Crippen LogP contribution in [0.25, 0.3) is 11.3 Å². The lowest BCUT2D eigenvalue weighted by Crippen LogP contribution is -2.60. The zero-order valence-corrected chi connectivity index (χ0v) is 36.6. The summed E-state index contributed by atoms with van der Waals surface area (Å²) in [5.41, 5.74) is 5.43. The quantitative estimate of drug-likeness (QED) is 0.139. The van der Waals surface area contributed by atoms with Crippen LogP contribution in [0.5, 0.6) is 0 Å². The first-order chi connectivity index (χ1) is 27.8. The van der Waals surface area contributed by atoms with Gasteiger partial charge in [-0.2, -0.15) is 0 Å². The lowest BCUT2D eigenvalue weighted by atomic mass is 9.73. The molecule has 2 aromatic rings. The molecule has 0 saturated carbocycles. The molecule has 1 aromatic heterocycles. The summed E-state index contributed by atoms with van der Waals surface area (Å²) >= 11 is 0. The summed E-state index contributed by atoms with van der Waals surface area (Å²) in [4.78, 5) is 60.4. The van der Waals surface area contributed by atoms with Crippen LogP contribution in [0, 0.1) is 23.7 Å². The third kappa shape index (κ3) is 9.67. The van der Waals surface area contributed by atoms with Crippen LogP contribution in [0.15, 0.2) is 30.5 Å². The van der Waals surface area contributed by atoms with Gasteiger partial charge in [-0.1, -0.05) is 45.0 Å². The number of cyclic esters (lactones) is 1. The molecule has 0 bridgehead atoms. The molecule has 0 aliphatic carbocycles. The van der Waals surface area contributed by atoms with Crippen molar-refractivity contribution >= 4 is 29.3 Å². The molecule has 2 unspecified atom stereocenters. The Hall–Kier alpha value is -3.96. The minimum Gasteiger partial charge on any atom is -0.458 e. The van der Waals surface area contributed by atoms with E-state index in [1.54, 1.807) is 50.3 Å². The van der Waals surface area contributed by atoms with Gasteiger partial charge < -0.3 is 44.3 Å². The highest BCUT2D eigenvalue weighted by atomic mass is 16.7. The van der Waals surface area contributed by atoms with Gasteiger partial charge in [-0.15, -0.1) is 5.10 Å². The number of aromatic nitrogens is 3. The molecule has 0 radical (unpaired) electrons. The highest BCUT2D eigenvalue weighted by Crippen LogP contribution is 2.43. The molecule has 3 aliphatic heterocycles. The van der Waals surface area contributed by atoms with Crippen molar-refractivity contribution in [1.82, 2.24) is 24.8 Å². The summed E-state index contributed by atoms with van der Waals surface area (Å²) in [7, 11) is 5.23. The van der Waals surface area contributed by atoms with E-state index in [1.165, 1.54) is 14.0 Å². The third-order valence-electron chi connectivity index (χ3n) is 12.9. The highest BCUT2D eigenvalue weighted by molar-refractivity contribution is 6.00. The molecule has 59 heavy (non-hydrogen) atoms. The van der Waals surface area contributed by atoms with Crippen molar-refractivity contribution < 1.29 is 48.0 Å². The molecule has 16 nitrogen and oxygen atoms in total. The van der Waals surface area contributed by atoms with Crippen LogP contribution in [0.4, 0.5) is 10.5 Å². The van der Waals surface area contributed by atoms with E-state index in [0.717, 1.165) is 5.56 Å². The average molecular weight is 827 g/mol. The number of rotatable bonds is 11. The van der Waals surface area contributed by atoms with Crippen LogP contribution in [-0.4, -0.2) is 135 Å². The fraction of sp³-hybridized carbons (Fsp3) is 0.721. The molecule has 4 heterocycles. The number of ether oxygens (including phenoxy) is 5. The van der Waals surface area contributed by atoms with Crippen LogP contribution >= 0.6 is 0 Å². The number of aliphatic hydroxyl groups excluding tert-OH is 1. The van der Waals surface area contributed by atoms with Crippen molar-refractivity contribution in [2.24, 2.45) is 23.7 Å². The van der Waals surface area contributed by atoms with Crippen LogP contribution in [0.2, 0.25) is 0 Å². The zero-order chi connectivity index (χ0) is 43.6. The lowest BCUT2D eigenvalue weighted by Gasteiger charge is -2.47. The molecule has 0 spiro atoms. The number of hydrogen-bond acceptors (Lipinski definition) is 14. The average Bonchev–Trinajstić information content (AvgIpc) is 3.77. The van der Waals surface area contributed by atoms with Crippen molar-refractivity contribution in [3.05, 3.63) is 30.5 Å². The van der Waals surface area contributed by atoms with E-state index in [0.29, 0.717) is 37.2 Å². The summed E-state index contributed by atoms with van der Waals surface area (Å²) < 4.78 is 32.9. The number of carbonyl (C=O) groups excluding carboxylic acids is 4. The predicted molar refractivity (Wildman–Crippen MR) is 219 cm³/mol. The van der Waals surface area contributed by atoms with E-state index < -0.39 is 83.4 Å². The Morgan fingerprint density at radius 1 is 1.02 bits per heavy atom. The molecular formula is C43H66N6O10. The molecule has 16 heteroatoms. The molecule has 1 aromatic carbocycles. The number of amides is 1. The van der Waals surface area contributed by atoms with Crippen molar-refractivity contribution in [1.29, 1.82) is 0 Å². The smallest absolute Gasteiger partial charge is 0.410 e. The highest BCUT2D eigenvalue weighted by Gasteiger charge is 2.60. The fourth-order valence-corrected chi connectivity index (χ4v) is 9.50. The number of anilines is 1. The Kier molecular flexibility index (Phi) is 14.7. The maximum absolute atomic E-state index is 14.7. The summed E-state index contributed by atoms with van der Waals surface area (Å²) in [5, 5.41) is 20.0. The van der Waals surface area contributed by atoms with Crippen LogP contribution in [-0.2, 0) is 44.6 Å². The fourth-order valence-electron chi connectivity index (χ4n) is 9.50. The first-order valence-electron chi connectivity index (χ1n) is 21.0. The number of ketones is 2. The van der Waals surface area contributed by atoms with Crippen LogP contribution in [0.3, 0.4) is 0 Å². The Balaban J connectivity index is 1.43. The molecule has 1 amide bonds. The molecular weight excluding hydrogens is 761 g/mol. The Labute approximate surface area is 348 Å². The number of hydrogen-bond donors (Lipinski definition) is 2. The number of nitrogens with zero attached hydrogens (tertiary/aromatic N) is 5. The number of carbonyl (C=O) groups is 4. The number of nitrogen functional groups attached to an aromatic ring is 1. The summed E-state index contributed by atoms with van der Waals surface area (Å²) in [6.07, 6.45) is -1.11. The number of fused-ring (bicyclic) bond motifs is 1. The van der Waals surface area contributed by atoms with Gasteiger partial charge in [-0.05, 0) is 86.0 Å². The first kappa shape index (κ1) is 46.1. The van der Waals surface area contributed by atoms with Crippen molar-refractivity contribution in [2.45, 2.75) is 148 Å². The number of esters is 1. The number of likely N-dealkylation sites (N-methyl/N-ethyl adjacent to an activating group) is 1. The predicted octanol–water partition coefficient (Wildman–Crippen LogP) is 4.51. The molecule has 3 saturated heterocycles. The van der Waals surface area contributed by atoms with Gasteiger partial charge in [0, 0.05) is 55.2 Å². The van der Waals surface area contributed by atoms with E-state index in [2.05, 4.69) is 10.3 Å². The maximum atomic E-state index is 14.7. The summed E-state index contributed by atoms with van der Waals surface area (Å²) in [6.45, 7) is 14.7. The first-order valence-corrected chi connectivity index (χ1v) is 21.0. The molecule has 5 rings (SSSR count). The normalized spacial score (nSPS) is 36.3. The van der Waals surface area contributed by atoms with Gasteiger partial charge in [-0.3, -0.25) is 19.1 Å². The summed E-state index contributed by atoms with van der Waals surface area (Å²) in [6, 6.07) is 6.31. The number of nitrogens with two attached hydrogens (primary N) is 1. The van der Waals surface area contributed by atoms with Gasteiger partial charge in [0.05, 0.1) is 30.0 Å². The summed E-state index contributed by atoms with van der Waals surface area (Å²) in [5.74, 6) is -5.03. The second-order valence-corrected chi connectivity index (χ2v) is 17.6. The molecule has 3 N–H and O–H groups in total. The Morgan fingerprint density at radius 3 is 2.36 bits per heavy atom. The lowest BCUT2D eigenvalue weighted by molar-refractivity contribution is -0.295.